The number of azo groups is 1. The number of benzene rings is 3. The molecule has 0 amide bonds. The summed E-state index contributed by atoms with van der Waals surface area (Å²) in [6, 6.07) is 12.9. The van der Waals surface area contributed by atoms with E-state index in [-0.39, 0.29) is 81.0 Å². The van der Waals surface area contributed by atoms with Crippen molar-refractivity contribution in [2.45, 2.75) is 4.90 Å². The average Bonchev–Trinajstić information content (AvgIpc) is 2.59. The van der Waals surface area contributed by atoms with Gasteiger partial charge in [0.25, 0.3) is 10.1 Å². The summed E-state index contributed by atoms with van der Waals surface area (Å²) < 4.78 is 31.4. The molecule has 0 fully saturated rings. The van der Waals surface area contributed by atoms with Crippen LogP contribution in [0.5, 0.6) is 5.75 Å². The Labute approximate surface area is 204 Å². The van der Waals surface area contributed by atoms with Gasteiger partial charge in [-0.2, -0.15) is 18.6 Å². The van der Waals surface area contributed by atoms with Crippen molar-refractivity contribution in [3.8, 4) is 5.75 Å². The zero-order valence-electron chi connectivity index (χ0n) is 15.1. The van der Waals surface area contributed by atoms with Gasteiger partial charge in [0, 0.05) is 59.1 Å². The molecule has 0 heterocycles. The topological polar surface area (TPSA) is 137 Å². The predicted molar refractivity (Wildman–Crippen MR) is 105 cm³/mol. The van der Waals surface area contributed by atoms with Crippen molar-refractivity contribution >= 4 is 97.3 Å². The second-order valence-corrected chi connectivity index (χ2v) is 6.80. The van der Waals surface area contributed by atoms with Crippen LogP contribution >= 0.6 is 0 Å². The van der Waals surface area contributed by atoms with Crippen LogP contribution in [-0.2, 0) is 10.1 Å². The number of fused-ring (bicyclic) bond motifs is 1. The molecular formula is C17H12N2Na2O6S. The average molecular weight is 418 g/mol. The number of phenols is 1. The van der Waals surface area contributed by atoms with Crippen LogP contribution in [0, 0.1) is 0 Å². The van der Waals surface area contributed by atoms with Crippen molar-refractivity contribution in [1.29, 1.82) is 0 Å². The van der Waals surface area contributed by atoms with E-state index in [1.165, 1.54) is 36.4 Å². The number of carboxylic acid groups (broad SMARTS) is 1. The van der Waals surface area contributed by atoms with Crippen molar-refractivity contribution in [3.63, 3.8) is 0 Å². The van der Waals surface area contributed by atoms with Gasteiger partial charge in [-0.3, -0.25) is 4.55 Å². The number of hydrogen-bond acceptors (Lipinski definition) is 6. The van der Waals surface area contributed by atoms with Gasteiger partial charge in [-0.25, -0.2) is 4.79 Å². The summed E-state index contributed by atoms with van der Waals surface area (Å²) >= 11 is 0. The number of rotatable bonds is 4. The van der Waals surface area contributed by atoms with Crippen molar-refractivity contribution in [2.75, 3.05) is 0 Å². The minimum absolute atomic E-state index is 0. The summed E-state index contributed by atoms with van der Waals surface area (Å²) in [6.07, 6.45) is 0. The van der Waals surface area contributed by atoms with E-state index in [0.29, 0.717) is 16.5 Å². The van der Waals surface area contributed by atoms with Crippen molar-refractivity contribution < 1.29 is 28.0 Å². The Morgan fingerprint density at radius 1 is 0.821 bits per heavy atom. The number of aromatic carboxylic acids is 1. The fourth-order valence-electron chi connectivity index (χ4n) is 2.31. The number of carboxylic acids is 1. The quantitative estimate of drug-likeness (QED) is 0.338. The van der Waals surface area contributed by atoms with Gasteiger partial charge in [-0.15, -0.1) is 0 Å². The fourth-order valence-corrected chi connectivity index (χ4v) is 2.82. The van der Waals surface area contributed by atoms with Gasteiger partial charge in [0.2, 0.25) is 0 Å². The Bertz CT molecular complexity index is 1170. The molecule has 2 radical (unpaired) electrons. The number of aromatic hydroxyl groups is 1. The van der Waals surface area contributed by atoms with E-state index in [2.05, 4.69) is 10.2 Å². The first kappa shape index (κ1) is 24.7. The van der Waals surface area contributed by atoms with Crippen LogP contribution in [0.2, 0.25) is 0 Å². The molecule has 0 aromatic heterocycles. The molecule has 0 aliphatic heterocycles. The van der Waals surface area contributed by atoms with Crippen LogP contribution in [0.15, 0.2) is 69.7 Å². The van der Waals surface area contributed by atoms with E-state index >= 15 is 0 Å². The molecule has 11 heteroatoms. The van der Waals surface area contributed by atoms with Crippen LogP contribution in [0.1, 0.15) is 10.4 Å². The Balaban J connectivity index is 0.00000196. The Kier molecular flexibility index (Phi) is 8.79. The summed E-state index contributed by atoms with van der Waals surface area (Å²) in [5.74, 6) is -1.64. The first-order valence-corrected chi connectivity index (χ1v) is 8.67. The van der Waals surface area contributed by atoms with E-state index in [9.17, 15) is 18.3 Å². The monoisotopic (exact) mass is 418 g/mol. The summed E-state index contributed by atoms with van der Waals surface area (Å²) in [5, 5.41) is 27.7. The molecule has 8 nitrogen and oxygen atoms in total. The molecule has 0 aliphatic rings. The van der Waals surface area contributed by atoms with Gasteiger partial charge in [-0.05, 0) is 53.2 Å². The summed E-state index contributed by atoms with van der Waals surface area (Å²) in [6.45, 7) is 0. The smallest absolute Gasteiger partial charge is 0.339 e. The Morgan fingerprint density at radius 3 is 1.96 bits per heavy atom. The van der Waals surface area contributed by atoms with Crippen molar-refractivity contribution in [1.82, 2.24) is 0 Å². The summed E-state index contributed by atoms with van der Waals surface area (Å²) in [5.41, 5.74) is 0.432. The molecule has 0 atom stereocenters. The van der Waals surface area contributed by atoms with E-state index in [1.54, 1.807) is 18.2 Å². The van der Waals surface area contributed by atoms with Crippen LogP contribution < -0.4 is 0 Å². The zero-order valence-corrected chi connectivity index (χ0v) is 19.9. The molecule has 28 heavy (non-hydrogen) atoms. The van der Waals surface area contributed by atoms with E-state index in [0.717, 1.165) is 0 Å². The maximum absolute atomic E-state index is 11.2. The SMILES string of the molecule is O=C(O)c1cc(N=Nc2ccc3cc(S(=O)(=O)O)ccc3c2)ccc1O.[Na].[Na]. The minimum atomic E-state index is -4.28. The summed E-state index contributed by atoms with van der Waals surface area (Å²) in [7, 11) is -4.28. The molecule has 0 spiro atoms. The third-order valence-corrected chi connectivity index (χ3v) is 4.43. The predicted octanol–water partition coefficient (Wildman–Crippen LogP) is 3.14. The Morgan fingerprint density at radius 2 is 1.36 bits per heavy atom. The van der Waals surface area contributed by atoms with E-state index in [1.807, 2.05) is 0 Å². The molecule has 0 saturated carbocycles. The maximum atomic E-state index is 11.2. The number of carbonyl (C=O) groups is 1. The largest absolute Gasteiger partial charge is 0.507 e. The molecule has 0 saturated heterocycles. The third kappa shape index (κ3) is 5.85. The third-order valence-electron chi connectivity index (χ3n) is 3.58. The van der Waals surface area contributed by atoms with Gasteiger partial charge in [-0.1, -0.05) is 12.1 Å². The maximum Gasteiger partial charge on any atom is 0.339 e. The van der Waals surface area contributed by atoms with Gasteiger partial charge in [0.15, 0.2) is 0 Å². The van der Waals surface area contributed by atoms with Gasteiger partial charge in [0.1, 0.15) is 11.3 Å². The van der Waals surface area contributed by atoms with Gasteiger partial charge < -0.3 is 10.2 Å². The molecule has 134 valence electrons. The van der Waals surface area contributed by atoms with E-state index in [4.69, 9.17) is 9.66 Å². The summed E-state index contributed by atoms with van der Waals surface area (Å²) in [4.78, 5) is 10.8. The van der Waals surface area contributed by atoms with Crippen LogP contribution in [0.25, 0.3) is 10.8 Å². The molecule has 3 aromatic rings. The first-order valence-electron chi connectivity index (χ1n) is 7.23. The molecule has 0 unspecified atom stereocenters. The van der Waals surface area contributed by atoms with Crippen molar-refractivity contribution in [2.24, 2.45) is 10.2 Å². The van der Waals surface area contributed by atoms with Crippen LogP contribution in [0.4, 0.5) is 11.4 Å². The molecular weight excluding hydrogens is 406 g/mol. The second-order valence-electron chi connectivity index (χ2n) is 5.37. The van der Waals surface area contributed by atoms with Gasteiger partial charge in [0.05, 0.1) is 16.3 Å². The molecule has 3 N–H and O–H groups in total. The normalized spacial score (nSPS) is 11.0. The zero-order chi connectivity index (χ0) is 18.9. The minimum Gasteiger partial charge on any atom is -0.507 e. The van der Waals surface area contributed by atoms with E-state index < -0.39 is 16.1 Å². The second kappa shape index (κ2) is 9.95. The van der Waals surface area contributed by atoms with Crippen molar-refractivity contribution in [3.05, 3.63) is 60.2 Å². The molecule has 3 rings (SSSR count). The fraction of sp³-hybridized carbons (Fsp3) is 0. The van der Waals surface area contributed by atoms with Gasteiger partial charge >= 0.3 is 5.97 Å². The number of nitrogens with zero attached hydrogens (tertiary/aromatic N) is 2. The first-order chi connectivity index (χ1) is 12.2. The van der Waals surface area contributed by atoms with Crippen LogP contribution in [-0.4, -0.2) is 88.3 Å². The van der Waals surface area contributed by atoms with Crippen LogP contribution in [0.3, 0.4) is 0 Å². The standard InChI is InChI=1S/C17H12N2O6S.2Na/c20-16-6-4-13(9-15(16)17(21)22)19-18-12-3-1-11-8-14(26(23,24)25)5-2-10(11)7-12;;/h1-9,20H,(H,21,22)(H,23,24,25);;. The molecule has 0 bridgehead atoms. The molecule has 3 aromatic carbocycles. The Hall–Kier alpha value is -1.30. The number of hydrogen-bond donors (Lipinski definition) is 3. The molecule has 0 aliphatic carbocycles.